The Hall–Kier alpha value is -2.77. The Morgan fingerprint density at radius 3 is 2.29 bits per heavy atom. The Labute approximate surface area is 140 Å². The van der Waals surface area contributed by atoms with Gasteiger partial charge in [-0.05, 0) is 25.5 Å². The molecule has 0 saturated carbocycles. The molecule has 3 N–H and O–H groups in total. The highest BCUT2D eigenvalue weighted by atomic mass is 16.5. The standard InChI is InChI=1S/C16H22N2O6/c1-4-17-13(19)6-5-7-14(20)18-11-8-10(16(21)22)9-12(23-2)15(11)24-3/h8-9H,4-7H2,1-3H3,(H,17,19)(H,18,20)(H,21,22). The van der Waals surface area contributed by atoms with Crippen molar-refractivity contribution in [2.45, 2.75) is 26.2 Å². The molecule has 0 heterocycles. The molecular formula is C16H22N2O6. The maximum absolute atomic E-state index is 12.0. The number of benzene rings is 1. The molecule has 132 valence electrons. The molecule has 1 rings (SSSR count). The third kappa shape index (κ3) is 5.45. The van der Waals surface area contributed by atoms with Crippen molar-refractivity contribution in [2.24, 2.45) is 0 Å². The fourth-order valence-corrected chi connectivity index (χ4v) is 2.09. The van der Waals surface area contributed by atoms with E-state index in [9.17, 15) is 14.4 Å². The average molecular weight is 338 g/mol. The van der Waals surface area contributed by atoms with Crippen LogP contribution >= 0.6 is 0 Å². The number of carboxylic acid groups (broad SMARTS) is 1. The largest absolute Gasteiger partial charge is 0.493 e. The zero-order chi connectivity index (χ0) is 18.1. The predicted octanol–water partition coefficient (Wildman–Crippen LogP) is 1.65. The van der Waals surface area contributed by atoms with Gasteiger partial charge in [-0.2, -0.15) is 0 Å². The molecule has 0 fully saturated rings. The van der Waals surface area contributed by atoms with Crippen LogP contribution in [0.15, 0.2) is 12.1 Å². The summed E-state index contributed by atoms with van der Waals surface area (Å²) in [5.74, 6) is -1.17. The Morgan fingerprint density at radius 1 is 1.08 bits per heavy atom. The van der Waals surface area contributed by atoms with Gasteiger partial charge in [0.1, 0.15) is 0 Å². The number of hydrogen-bond donors (Lipinski definition) is 3. The third-order valence-electron chi connectivity index (χ3n) is 3.18. The highest BCUT2D eigenvalue weighted by molar-refractivity contribution is 5.96. The van der Waals surface area contributed by atoms with E-state index in [0.717, 1.165) is 0 Å². The highest BCUT2D eigenvalue weighted by Gasteiger charge is 2.17. The lowest BCUT2D eigenvalue weighted by Crippen LogP contribution is -2.22. The van der Waals surface area contributed by atoms with Crippen LogP contribution in [0.3, 0.4) is 0 Å². The molecule has 0 aromatic heterocycles. The molecule has 1 aromatic rings. The maximum atomic E-state index is 12.0. The van der Waals surface area contributed by atoms with E-state index in [-0.39, 0.29) is 47.4 Å². The number of carbonyl (C=O) groups is 3. The van der Waals surface area contributed by atoms with Crippen LogP contribution in [0, 0.1) is 0 Å². The number of methoxy groups -OCH3 is 2. The lowest BCUT2D eigenvalue weighted by molar-refractivity contribution is -0.121. The van der Waals surface area contributed by atoms with Crippen LogP contribution in [0.1, 0.15) is 36.5 Å². The number of carbonyl (C=O) groups excluding carboxylic acids is 2. The van der Waals surface area contributed by atoms with E-state index in [1.54, 1.807) is 0 Å². The fourth-order valence-electron chi connectivity index (χ4n) is 2.09. The smallest absolute Gasteiger partial charge is 0.335 e. The number of nitrogens with one attached hydrogen (secondary N) is 2. The molecule has 1 aromatic carbocycles. The van der Waals surface area contributed by atoms with E-state index in [2.05, 4.69) is 10.6 Å². The van der Waals surface area contributed by atoms with E-state index in [1.165, 1.54) is 26.4 Å². The van der Waals surface area contributed by atoms with Crippen LogP contribution < -0.4 is 20.1 Å². The van der Waals surface area contributed by atoms with Crippen molar-refractivity contribution in [2.75, 3.05) is 26.1 Å². The van der Waals surface area contributed by atoms with Gasteiger partial charge < -0.3 is 25.2 Å². The van der Waals surface area contributed by atoms with Crippen molar-refractivity contribution in [3.63, 3.8) is 0 Å². The normalized spacial score (nSPS) is 9.96. The molecule has 0 aliphatic carbocycles. The number of amides is 2. The summed E-state index contributed by atoms with van der Waals surface area (Å²) in [5.41, 5.74) is 0.169. The van der Waals surface area contributed by atoms with Crippen LogP contribution in [-0.2, 0) is 9.59 Å². The fraction of sp³-hybridized carbons (Fsp3) is 0.438. The molecule has 0 aliphatic heterocycles. The van der Waals surface area contributed by atoms with Crippen molar-refractivity contribution >= 4 is 23.5 Å². The van der Waals surface area contributed by atoms with Crippen molar-refractivity contribution < 1.29 is 29.0 Å². The first-order valence-corrected chi connectivity index (χ1v) is 7.48. The third-order valence-corrected chi connectivity index (χ3v) is 3.18. The van der Waals surface area contributed by atoms with Gasteiger partial charge in [-0.15, -0.1) is 0 Å². The number of rotatable bonds is 9. The topological polar surface area (TPSA) is 114 Å². The second-order valence-electron chi connectivity index (χ2n) is 4.92. The molecule has 0 aliphatic rings. The summed E-state index contributed by atoms with van der Waals surface area (Å²) >= 11 is 0. The number of ether oxygens (including phenoxy) is 2. The molecule has 8 heteroatoms. The van der Waals surface area contributed by atoms with E-state index in [1.807, 2.05) is 6.92 Å². The zero-order valence-electron chi connectivity index (χ0n) is 14.0. The van der Waals surface area contributed by atoms with Crippen LogP contribution in [0.4, 0.5) is 5.69 Å². The molecule has 0 unspecified atom stereocenters. The van der Waals surface area contributed by atoms with Crippen LogP contribution in [0.5, 0.6) is 11.5 Å². The van der Waals surface area contributed by atoms with Crippen LogP contribution in [0.2, 0.25) is 0 Å². The maximum Gasteiger partial charge on any atom is 0.335 e. The molecule has 24 heavy (non-hydrogen) atoms. The Kier molecular flexibility index (Phi) is 7.54. The van der Waals surface area contributed by atoms with E-state index < -0.39 is 5.97 Å². The van der Waals surface area contributed by atoms with Gasteiger partial charge in [0.2, 0.25) is 11.8 Å². The van der Waals surface area contributed by atoms with E-state index in [4.69, 9.17) is 14.6 Å². The molecule has 0 radical (unpaired) electrons. The molecular weight excluding hydrogens is 316 g/mol. The van der Waals surface area contributed by atoms with Gasteiger partial charge >= 0.3 is 5.97 Å². The molecule has 2 amide bonds. The van der Waals surface area contributed by atoms with Gasteiger partial charge in [0.05, 0.1) is 25.5 Å². The SMILES string of the molecule is CCNC(=O)CCCC(=O)Nc1cc(C(=O)O)cc(OC)c1OC. The number of aromatic carboxylic acids is 1. The molecule has 0 saturated heterocycles. The number of hydrogen-bond acceptors (Lipinski definition) is 5. The minimum atomic E-state index is -1.15. The molecule has 0 spiro atoms. The van der Waals surface area contributed by atoms with Crippen LogP contribution in [-0.4, -0.2) is 43.7 Å². The summed E-state index contributed by atoms with van der Waals surface area (Å²) < 4.78 is 10.3. The first-order valence-electron chi connectivity index (χ1n) is 7.48. The summed E-state index contributed by atoms with van der Waals surface area (Å²) in [6, 6.07) is 2.61. The number of anilines is 1. The monoisotopic (exact) mass is 338 g/mol. The second-order valence-corrected chi connectivity index (χ2v) is 4.92. The van der Waals surface area contributed by atoms with Gasteiger partial charge in [0.25, 0.3) is 0 Å². The summed E-state index contributed by atoms with van der Waals surface area (Å²) in [4.78, 5) is 34.5. The van der Waals surface area contributed by atoms with Crippen molar-refractivity contribution in [1.29, 1.82) is 0 Å². The van der Waals surface area contributed by atoms with Gasteiger partial charge in [-0.25, -0.2) is 4.79 Å². The lowest BCUT2D eigenvalue weighted by Gasteiger charge is -2.14. The van der Waals surface area contributed by atoms with Crippen molar-refractivity contribution in [3.8, 4) is 11.5 Å². The Balaban J connectivity index is 2.81. The second kappa shape index (κ2) is 9.39. The first-order chi connectivity index (χ1) is 11.4. The zero-order valence-corrected chi connectivity index (χ0v) is 14.0. The molecule has 8 nitrogen and oxygen atoms in total. The van der Waals surface area contributed by atoms with E-state index >= 15 is 0 Å². The Bertz CT molecular complexity index is 615. The van der Waals surface area contributed by atoms with E-state index in [0.29, 0.717) is 13.0 Å². The van der Waals surface area contributed by atoms with Gasteiger partial charge in [0, 0.05) is 19.4 Å². The molecule has 0 bridgehead atoms. The summed E-state index contributed by atoms with van der Waals surface area (Å²) in [6.45, 7) is 2.36. The predicted molar refractivity (Wildman–Crippen MR) is 87.7 cm³/mol. The first kappa shape index (κ1) is 19.3. The van der Waals surface area contributed by atoms with Crippen molar-refractivity contribution in [1.82, 2.24) is 5.32 Å². The number of carboxylic acids is 1. The molecule has 0 atom stereocenters. The van der Waals surface area contributed by atoms with Crippen LogP contribution in [0.25, 0.3) is 0 Å². The lowest BCUT2D eigenvalue weighted by atomic mass is 10.1. The minimum absolute atomic E-state index is 0.0368. The quantitative estimate of drug-likeness (QED) is 0.631. The van der Waals surface area contributed by atoms with Gasteiger partial charge in [-0.3, -0.25) is 9.59 Å². The minimum Gasteiger partial charge on any atom is -0.493 e. The average Bonchev–Trinajstić information content (AvgIpc) is 2.54. The summed E-state index contributed by atoms with van der Waals surface area (Å²) in [7, 11) is 2.77. The van der Waals surface area contributed by atoms with Gasteiger partial charge in [0.15, 0.2) is 11.5 Å². The summed E-state index contributed by atoms with van der Waals surface area (Å²) in [5, 5.41) is 14.4. The van der Waals surface area contributed by atoms with Crippen molar-refractivity contribution in [3.05, 3.63) is 17.7 Å². The highest BCUT2D eigenvalue weighted by Crippen LogP contribution is 2.36. The Morgan fingerprint density at radius 2 is 1.75 bits per heavy atom. The summed E-state index contributed by atoms with van der Waals surface area (Å²) in [6.07, 6.45) is 0.756. The van der Waals surface area contributed by atoms with Gasteiger partial charge in [-0.1, -0.05) is 0 Å².